The molecule has 0 aliphatic carbocycles. The average molecular weight is 387 g/mol. The molecular weight excluding hydrogens is 366 g/mol. The van der Waals surface area contributed by atoms with Crippen molar-refractivity contribution in [2.75, 3.05) is 0 Å². The van der Waals surface area contributed by atoms with Gasteiger partial charge in [-0.15, -0.1) is 0 Å². The van der Waals surface area contributed by atoms with Crippen LogP contribution in [0.15, 0.2) is 91.0 Å². The predicted molar refractivity (Wildman–Crippen MR) is 123 cm³/mol. The third-order valence-electron chi connectivity index (χ3n) is 5.15. The molecule has 5 aromatic rings. The zero-order valence-corrected chi connectivity index (χ0v) is 17.0. The minimum absolute atomic E-state index is 0.683. The van der Waals surface area contributed by atoms with Crippen LogP contribution < -0.4 is 0 Å². The maximum Gasteiger partial charge on any atom is 0.164 e. The fourth-order valence-electron chi connectivity index (χ4n) is 3.78. The second-order valence-electron chi connectivity index (χ2n) is 7.61. The summed E-state index contributed by atoms with van der Waals surface area (Å²) in [5.74, 6) is 2.06. The van der Waals surface area contributed by atoms with E-state index >= 15 is 0 Å². The number of fused-ring (bicyclic) bond motifs is 1. The van der Waals surface area contributed by atoms with Crippen LogP contribution in [0.4, 0.5) is 0 Å². The van der Waals surface area contributed by atoms with Gasteiger partial charge in [0.1, 0.15) is 0 Å². The van der Waals surface area contributed by atoms with E-state index in [1.54, 1.807) is 0 Å². The van der Waals surface area contributed by atoms with Gasteiger partial charge in [0.2, 0.25) is 0 Å². The molecule has 0 spiro atoms. The van der Waals surface area contributed by atoms with Crippen LogP contribution in [0.3, 0.4) is 0 Å². The van der Waals surface area contributed by atoms with Crippen LogP contribution in [0.25, 0.3) is 44.9 Å². The fourth-order valence-corrected chi connectivity index (χ4v) is 3.78. The number of hydrogen-bond donors (Lipinski definition) is 0. The Balaban J connectivity index is 1.73. The predicted octanol–water partition coefficient (Wildman–Crippen LogP) is 6.64. The molecule has 0 unspecified atom stereocenters. The molecule has 0 aliphatic rings. The highest BCUT2D eigenvalue weighted by molar-refractivity contribution is 5.86. The Kier molecular flexibility index (Phi) is 4.56. The van der Waals surface area contributed by atoms with Crippen molar-refractivity contribution in [1.82, 2.24) is 15.0 Å². The first-order valence-electron chi connectivity index (χ1n) is 10.0. The van der Waals surface area contributed by atoms with Crippen molar-refractivity contribution in [3.8, 4) is 34.2 Å². The number of hydrogen-bond acceptors (Lipinski definition) is 3. The average Bonchev–Trinajstić information content (AvgIpc) is 2.78. The van der Waals surface area contributed by atoms with Gasteiger partial charge in [0, 0.05) is 16.7 Å². The standard InChI is InChI=1S/C27H21N3/c1-18-14-19(2)16-24(15-18)27-29-25(21-9-4-3-5-10-21)28-26(30-27)23-13-12-20-8-6-7-11-22(20)17-23/h3-17H,1-2H3. The first-order chi connectivity index (χ1) is 14.7. The molecule has 1 heterocycles. The van der Waals surface area contributed by atoms with Crippen LogP contribution in [0, 0.1) is 13.8 Å². The van der Waals surface area contributed by atoms with Gasteiger partial charge in [0.05, 0.1) is 0 Å². The van der Waals surface area contributed by atoms with Crippen molar-refractivity contribution in [3.05, 3.63) is 102 Å². The molecule has 3 nitrogen and oxygen atoms in total. The first-order valence-corrected chi connectivity index (χ1v) is 10.0. The summed E-state index contributed by atoms with van der Waals surface area (Å²) in [6.45, 7) is 4.19. The molecule has 0 radical (unpaired) electrons. The van der Waals surface area contributed by atoms with Crippen LogP contribution in [0.2, 0.25) is 0 Å². The number of aryl methyl sites for hydroxylation is 2. The summed E-state index contributed by atoms with van der Waals surface area (Å²) in [6.07, 6.45) is 0. The summed E-state index contributed by atoms with van der Waals surface area (Å²) in [7, 11) is 0. The Morgan fingerprint density at radius 1 is 0.433 bits per heavy atom. The van der Waals surface area contributed by atoms with Crippen LogP contribution >= 0.6 is 0 Å². The second-order valence-corrected chi connectivity index (χ2v) is 7.61. The monoisotopic (exact) mass is 387 g/mol. The minimum Gasteiger partial charge on any atom is -0.208 e. The molecule has 0 amide bonds. The maximum absolute atomic E-state index is 4.87. The van der Waals surface area contributed by atoms with Gasteiger partial charge in [0.25, 0.3) is 0 Å². The van der Waals surface area contributed by atoms with Gasteiger partial charge in [-0.3, -0.25) is 0 Å². The van der Waals surface area contributed by atoms with Gasteiger partial charge in [-0.25, -0.2) is 15.0 Å². The Hall–Kier alpha value is -3.85. The summed E-state index contributed by atoms with van der Waals surface area (Å²) in [5, 5.41) is 2.37. The quantitative estimate of drug-likeness (QED) is 0.348. The van der Waals surface area contributed by atoms with Gasteiger partial charge >= 0.3 is 0 Å². The molecule has 0 atom stereocenters. The van der Waals surface area contributed by atoms with E-state index in [4.69, 9.17) is 15.0 Å². The summed E-state index contributed by atoms with van der Waals surface area (Å²) < 4.78 is 0. The van der Waals surface area contributed by atoms with Crippen molar-refractivity contribution in [1.29, 1.82) is 0 Å². The lowest BCUT2D eigenvalue weighted by atomic mass is 10.1. The molecule has 4 aromatic carbocycles. The number of rotatable bonds is 3. The van der Waals surface area contributed by atoms with Crippen LogP contribution in [-0.4, -0.2) is 15.0 Å². The highest BCUT2D eigenvalue weighted by Crippen LogP contribution is 2.27. The Morgan fingerprint density at radius 3 is 1.70 bits per heavy atom. The van der Waals surface area contributed by atoms with E-state index in [2.05, 4.69) is 74.5 Å². The highest BCUT2D eigenvalue weighted by Gasteiger charge is 2.13. The van der Waals surface area contributed by atoms with Crippen molar-refractivity contribution in [3.63, 3.8) is 0 Å². The van der Waals surface area contributed by atoms with Crippen molar-refractivity contribution in [2.45, 2.75) is 13.8 Å². The third-order valence-corrected chi connectivity index (χ3v) is 5.15. The molecule has 0 saturated carbocycles. The second kappa shape index (κ2) is 7.53. The van der Waals surface area contributed by atoms with E-state index in [1.165, 1.54) is 21.9 Å². The topological polar surface area (TPSA) is 38.7 Å². The van der Waals surface area contributed by atoms with E-state index in [0.717, 1.165) is 16.7 Å². The molecule has 5 rings (SSSR count). The Bertz CT molecular complexity index is 1340. The van der Waals surface area contributed by atoms with E-state index in [1.807, 2.05) is 30.3 Å². The summed E-state index contributed by atoms with van der Waals surface area (Å²) in [5.41, 5.74) is 5.36. The molecule has 0 fully saturated rings. The largest absolute Gasteiger partial charge is 0.208 e. The third kappa shape index (κ3) is 3.58. The SMILES string of the molecule is Cc1cc(C)cc(-c2nc(-c3ccccc3)nc(-c3ccc4ccccc4c3)n2)c1. The Labute approximate surface area is 176 Å². The van der Waals surface area contributed by atoms with Crippen LogP contribution in [0.1, 0.15) is 11.1 Å². The van der Waals surface area contributed by atoms with Gasteiger partial charge in [-0.05, 0) is 42.8 Å². The lowest BCUT2D eigenvalue weighted by molar-refractivity contribution is 1.07. The van der Waals surface area contributed by atoms with Gasteiger partial charge in [-0.1, -0.05) is 83.9 Å². The number of benzene rings is 4. The molecule has 1 aromatic heterocycles. The molecule has 0 aliphatic heterocycles. The Morgan fingerprint density at radius 2 is 1.00 bits per heavy atom. The van der Waals surface area contributed by atoms with E-state index in [-0.39, 0.29) is 0 Å². The smallest absolute Gasteiger partial charge is 0.164 e. The summed E-state index contributed by atoms with van der Waals surface area (Å²) in [4.78, 5) is 14.5. The van der Waals surface area contributed by atoms with Crippen molar-refractivity contribution in [2.24, 2.45) is 0 Å². The van der Waals surface area contributed by atoms with Crippen molar-refractivity contribution >= 4 is 10.8 Å². The fraction of sp³-hybridized carbons (Fsp3) is 0.0741. The van der Waals surface area contributed by atoms with Gasteiger partial charge in [-0.2, -0.15) is 0 Å². The molecule has 0 saturated heterocycles. The lowest BCUT2D eigenvalue weighted by Gasteiger charge is -2.10. The van der Waals surface area contributed by atoms with E-state index < -0.39 is 0 Å². The molecule has 0 N–H and O–H groups in total. The van der Waals surface area contributed by atoms with Gasteiger partial charge < -0.3 is 0 Å². The highest BCUT2D eigenvalue weighted by atomic mass is 15.0. The minimum atomic E-state index is 0.683. The molecule has 30 heavy (non-hydrogen) atoms. The molecule has 144 valence electrons. The molecule has 3 heteroatoms. The normalized spacial score (nSPS) is 11.0. The summed E-state index contributed by atoms with van der Waals surface area (Å²) in [6, 6.07) is 31.2. The van der Waals surface area contributed by atoms with Crippen LogP contribution in [-0.2, 0) is 0 Å². The maximum atomic E-state index is 4.87. The molecular formula is C27H21N3. The molecule has 0 bridgehead atoms. The zero-order chi connectivity index (χ0) is 20.5. The van der Waals surface area contributed by atoms with Gasteiger partial charge in [0.15, 0.2) is 17.5 Å². The lowest BCUT2D eigenvalue weighted by Crippen LogP contribution is -2.00. The van der Waals surface area contributed by atoms with E-state index in [9.17, 15) is 0 Å². The van der Waals surface area contributed by atoms with Crippen molar-refractivity contribution < 1.29 is 0 Å². The first kappa shape index (κ1) is 18.2. The summed E-state index contributed by atoms with van der Waals surface area (Å²) >= 11 is 0. The van der Waals surface area contributed by atoms with E-state index in [0.29, 0.717) is 17.5 Å². The number of aromatic nitrogens is 3. The van der Waals surface area contributed by atoms with Crippen LogP contribution in [0.5, 0.6) is 0 Å². The zero-order valence-electron chi connectivity index (χ0n) is 17.0. The number of nitrogens with zero attached hydrogens (tertiary/aromatic N) is 3.